The number of nitrogens with one attached hydrogen (secondary N) is 3. The number of aryl methyl sites for hydroxylation is 1. The van der Waals surface area contributed by atoms with Crippen LogP contribution < -0.4 is 16.0 Å². The molecule has 3 N–H and O–H groups in total. The quantitative estimate of drug-likeness (QED) is 0.500. The van der Waals surface area contributed by atoms with Crippen molar-refractivity contribution in [3.63, 3.8) is 0 Å². The van der Waals surface area contributed by atoms with Crippen molar-refractivity contribution in [2.24, 2.45) is 0 Å². The Labute approximate surface area is 203 Å². The highest BCUT2D eigenvalue weighted by Gasteiger charge is 2.49. The summed E-state index contributed by atoms with van der Waals surface area (Å²) in [6.45, 7) is 6.12. The van der Waals surface area contributed by atoms with Crippen molar-refractivity contribution in [1.29, 1.82) is 0 Å². The number of carbonyl (C=O) groups excluding carboxylic acids is 5. The summed E-state index contributed by atoms with van der Waals surface area (Å²) >= 11 is 0. The van der Waals surface area contributed by atoms with E-state index in [0.29, 0.717) is 16.9 Å². The van der Waals surface area contributed by atoms with Crippen molar-refractivity contribution in [3.05, 3.63) is 59.7 Å². The molecule has 10 heteroatoms. The number of anilines is 2. The minimum atomic E-state index is -1.27. The van der Waals surface area contributed by atoms with Crippen molar-refractivity contribution in [2.75, 3.05) is 30.3 Å². The highest BCUT2D eigenvalue weighted by atomic mass is 16.2. The molecule has 0 spiro atoms. The highest BCUT2D eigenvalue weighted by Crippen LogP contribution is 2.29. The zero-order valence-electron chi connectivity index (χ0n) is 20.2. The van der Waals surface area contributed by atoms with Crippen LogP contribution in [0.25, 0.3) is 0 Å². The van der Waals surface area contributed by atoms with Crippen LogP contribution in [0.4, 0.5) is 16.2 Å². The van der Waals surface area contributed by atoms with E-state index < -0.39 is 35.8 Å². The molecule has 0 aliphatic carbocycles. The lowest BCUT2D eigenvalue weighted by Crippen LogP contribution is -2.46. The smallest absolute Gasteiger partial charge is 0.325 e. The average Bonchev–Trinajstić information content (AvgIpc) is 3.02. The first-order valence-electron chi connectivity index (χ1n) is 11.2. The number of nitrogens with zero attached hydrogens (tertiary/aromatic N) is 2. The van der Waals surface area contributed by atoms with E-state index in [9.17, 15) is 24.0 Å². The van der Waals surface area contributed by atoms with Gasteiger partial charge in [-0.3, -0.25) is 24.1 Å². The maximum Gasteiger partial charge on any atom is 0.325 e. The number of likely N-dealkylation sites (N-methyl/N-ethyl adjacent to an activating group) is 1. The molecule has 1 saturated heterocycles. The van der Waals surface area contributed by atoms with Gasteiger partial charge in [0.15, 0.2) is 0 Å². The molecule has 0 radical (unpaired) electrons. The third-order valence-corrected chi connectivity index (χ3v) is 5.76. The van der Waals surface area contributed by atoms with Gasteiger partial charge >= 0.3 is 6.03 Å². The molecule has 1 fully saturated rings. The fraction of sp³-hybridized carbons (Fsp3) is 0.320. The molecular formula is C25H29N5O5. The fourth-order valence-corrected chi connectivity index (χ4v) is 3.75. The van der Waals surface area contributed by atoms with Crippen LogP contribution in [0, 0.1) is 6.92 Å². The van der Waals surface area contributed by atoms with E-state index in [1.807, 2.05) is 19.1 Å². The lowest BCUT2D eigenvalue weighted by Gasteiger charge is -2.24. The summed E-state index contributed by atoms with van der Waals surface area (Å²) in [5, 5.41) is 8.00. The number of imide groups is 1. The van der Waals surface area contributed by atoms with E-state index >= 15 is 0 Å². The van der Waals surface area contributed by atoms with Crippen LogP contribution in [0.5, 0.6) is 0 Å². The predicted molar refractivity (Wildman–Crippen MR) is 130 cm³/mol. The highest BCUT2D eigenvalue weighted by molar-refractivity contribution is 6.09. The summed E-state index contributed by atoms with van der Waals surface area (Å²) in [5.74, 6) is -1.70. The molecule has 0 bridgehead atoms. The van der Waals surface area contributed by atoms with Crippen LogP contribution in [0.1, 0.15) is 31.9 Å². The van der Waals surface area contributed by atoms with E-state index in [0.717, 1.165) is 10.5 Å². The number of urea groups is 1. The Balaban J connectivity index is 1.62. The first-order chi connectivity index (χ1) is 16.5. The molecule has 1 heterocycles. The van der Waals surface area contributed by atoms with E-state index in [1.165, 1.54) is 11.8 Å². The molecule has 0 saturated carbocycles. The Bertz CT molecular complexity index is 1150. The van der Waals surface area contributed by atoms with Crippen molar-refractivity contribution < 1.29 is 24.0 Å². The summed E-state index contributed by atoms with van der Waals surface area (Å²) in [4.78, 5) is 64.3. The van der Waals surface area contributed by atoms with Gasteiger partial charge in [0.2, 0.25) is 17.7 Å². The van der Waals surface area contributed by atoms with Crippen LogP contribution in [-0.2, 0) is 24.7 Å². The second kappa shape index (κ2) is 10.4. The second-order valence-electron chi connectivity index (χ2n) is 8.53. The normalized spacial score (nSPS) is 17.1. The van der Waals surface area contributed by atoms with E-state index in [4.69, 9.17) is 0 Å². The van der Waals surface area contributed by atoms with Crippen LogP contribution in [0.2, 0.25) is 0 Å². The molecule has 2 aromatic rings. The summed E-state index contributed by atoms with van der Waals surface area (Å²) < 4.78 is 0. The zero-order chi connectivity index (χ0) is 25.8. The molecule has 2 aromatic carbocycles. The molecule has 6 amide bonds. The standard InChI is InChI=1S/C25H29N5O5/c1-5-29(14-21(32)27-20-12-10-19(11-13-20)26-17(3)31)22(33)15-30-23(34)25(4,28-24(30)35)18-8-6-16(2)7-9-18/h6-13H,5,14-15H2,1-4H3,(H,26,31)(H,27,32)(H,28,35)/t25-/m0/s1. The number of benzene rings is 2. The second-order valence-corrected chi connectivity index (χ2v) is 8.53. The Morgan fingerprint density at radius 2 is 1.54 bits per heavy atom. The molecule has 1 aliphatic heterocycles. The number of hydrogen-bond acceptors (Lipinski definition) is 5. The van der Waals surface area contributed by atoms with Crippen molar-refractivity contribution in [2.45, 2.75) is 33.2 Å². The minimum Gasteiger partial charge on any atom is -0.332 e. The van der Waals surface area contributed by atoms with Crippen molar-refractivity contribution >= 4 is 41.0 Å². The minimum absolute atomic E-state index is 0.205. The summed E-state index contributed by atoms with van der Waals surface area (Å²) in [5.41, 5.74) is 1.44. The SMILES string of the molecule is CCN(CC(=O)Nc1ccc(NC(C)=O)cc1)C(=O)CN1C(=O)N[C@@](C)(c2ccc(C)cc2)C1=O. The van der Waals surface area contributed by atoms with E-state index in [2.05, 4.69) is 16.0 Å². The number of rotatable bonds is 8. The monoisotopic (exact) mass is 479 g/mol. The molecule has 0 unspecified atom stereocenters. The third kappa shape index (κ3) is 5.84. The van der Waals surface area contributed by atoms with Crippen LogP contribution in [-0.4, -0.2) is 59.1 Å². The molecule has 35 heavy (non-hydrogen) atoms. The van der Waals surface area contributed by atoms with E-state index in [1.54, 1.807) is 50.2 Å². The fourth-order valence-electron chi connectivity index (χ4n) is 3.75. The van der Waals surface area contributed by atoms with Crippen LogP contribution >= 0.6 is 0 Å². The molecule has 10 nitrogen and oxygen atoms in total. The first kappa shape index (κ1) is 25.4. The maximum absolute atomic E-state index is 13.1. The Hall–Kier alpha value is -4.21. The lowest BCUT2D eigenvalue weighted by atomic mass is 9.91. The summed E-state index contributed by atoms with van der Waals surface area (Å²) in [6.07, 6.45) is 0. The Kier molecular flexibility index (Phi) is 7.53. The van der Waals surface area contributed by atoms with Gasteiger partial charge in [-0.2, -0.15) is 0 Å². The summed E-state index contributed by atoms with van der Waals surface area (Å²) in [6, 6.07) is 13.1. The van der Waals surface area contributed by atoms with Gasteiger partial charge in [-0.05, 0) is 50.6 Å². The van der Waals surface area contributed by atoms with Crippen molar-refractivity contribution in [3.8, 4) is 0 Å². The first-order valence-corrected chi connectivity index (χ1v) is 11.2. The lowest BCUT2D eigenvalue weighted by molar-refractivity contribution is -0.140. The largest absolute Gasteiger partial charge is 0.332 e. The Morgan fingerprint density at radius 3 is 2.09 bits per heavy atom. The zero-order valence-corrected chi connectivity index (χ0v) is 20.2. The molecule has 3 rings (SSSR count). The maximum atomic E-state index is 13.1. The van der Waals surface area contributed by atoms with E-state index in [-0.39, 0.29) is 19.0 Å². The van der Waals surface area contributed by atoms with Crippen molar-refractivity contribution in [1.82, 2.24) is 15.1 Å². The van der Waals surface area contributed by atoms with Gasteiger partial charge in [0, 0.05) is 24.8 Å². The van der Waals surface area contributed by atoms with Gasteiger partial charge in [0.05, 0.1) is 6.54 Å². The topological polar surface area (TPSA) is 128 Å². The van der Waals surface area contributed by atoms with Gasteiger partial charge in [-0.25, -0.2) is 4.79 Å². The van der Waals surface area contributed by atoms with Gasteiger partial charge < -0.3 is 20.9 Å². The average molecular weight is 480 g/mol. The van der Waals surface area contributed by atoms with Crippen LogP contribution in [0.3, 0.4) is 0 Å². The molecule has 1 atom stereocenters. The van der Waals surface area contributed by atoms with Gasteiger partial charge in [0.25, 0.3) is 5.91 Å². The predicted octanol–water partition coefficient (Wildman–Crippen LogP) is 2.21. The Morgan fingerprint density at radius 1 is 0.971 bits per heavy atom. The van der Waals surface area contributed by atoms with Crippen LogP contribution in [0.15, 0.2) is 48.5 Å². The number of amides is 6. The van der Waals surface area contributed by atoms with Gasteiger partial charge in [-0.1, -0.05) is 29.8 Å². The number of carbonyl (C=O) groups is 5. The summed E-state index contributed by atoms with van der Waals surface area (Å²) in [7, 11) is 0. The molecule has 1 aliphatic rings. The molecule has 0 aromatic heterocycles. The van der Waals surface area contributed by atoms with Gasteiger partial charge in [0.1, 0.15) is 12.1 Å². The van der Waals surface area contributed by atoms with Gasteiger partial charge in [-0.15, -0.1) is 0 Å². The number of hydrogen-bond donors (Lipinski definition) is 3. The third-order valence-electron chi connectivity index (χ3n) is 5.76. The molecular weight excluding hydrogens is 450 g/mol. The molecule has 184 valence electrons.